The van der Waals surface area contributed by atoms with Crippen molar-refractivity contribution in [3.8, 4) is 0 Å². The fraction of sp³-hybridized carbons (Fsp3) is 0.800. The van der Waals surface area contributed by atoms with E-state index in [9.17, 15) is 9.59 Å². The minimum Gasteiger partial charge on any atom is -0.339 e. The van der Waals surface area contributed by atoms with Gasteiger partial charge in [-0.2, -0.15) is 0 Å². The standard InChI is InChI=1S/C15H26N6O2S/c1-12(2)4-5-13(22)20-7-9-21(10-8-20)14(23)6-11-24-15-16-17-18-19(15)3/h12H,4-11H2,1-3H3. The molecule has 0 atom stereocenters. The highest BCUT2D eigenvalue weighted by Crippen LogP contribution is 2.15. The van der Waals surface area contributed by atoms with Gasteiger partial charge in [0.15, 0.2) is 0 Å². The van der Waals surface area contributed by atoms with Gasteiger partial charge in [0.1, 0.15) is 0 Å². The molecule has 24 heavy (non-hydrogen) atoms. The van der Waals surface area contributed by atoms with Gasteiger partial charge in [-0.3, -0.25) is 9.59 Å². The van der Waals surface area contributed by atoms with Crippen LogP contribution in [0.4, 0.5) is 0 Å². The van der Waals surface area contributed by atoms with Gasteiger partial charge in [-0.15, -0.1) is 5.10 Å². The van der Waals surface area contributed by atoms with Crippen LogP contribution in [0.3, 0.4) is 0 Å². The lowest BCUT2D eigenvalue weighted by Crippen LogP contribution is -2.50. The van der Waals surface area contributed by atoms with E-state index < -0.39 is 0 Å². The van der Waals surface area contributed by atoms with Crippen molar-refractivity contribution in [2.45, 2.75) is 38.3 Å². The zero-order valence-corrected chi connectivity index (χ0v) is 15.5. The van der Waals surface area contributed by atoms with E-state index in [4.69, 9.17) is 0 Å². The fourth-order valence-electron chi connectivity index (χ4n) is 2.51. The molecule has 0 unspecified atom stereocenters. The number of carbonyl (C=O) groups is 2. The molecule has 2 amide bonds. The summed E-state index contributed by atoms with van der Waals surface area (Å²) in [4.78, 5) is 28.1. The second-order valence-corrected chi connectivity index (χ2v) is 7.44. The molecule has 1 aliphatic rings. The van der Waals surface area contributed by atoms with E-state index in [1.807, 2.05) is 9.80 Å². The van der Waals surface area contributed by atoms with Crippen LogP contribution >= 0.6 is 11.8 Å². The third kappa shape index (κ3) is 5.47. The Bertz CT molecular complexity index is 554. The zero-order chi connectivity index (χ0) is 17.5. The second kappa shape index (κ2) is 9.00. The number of hydrogen-bond donors (Lipinski definition) is 0. The first-order valence-electron chi connectivity index (χ1n) is 8.38. The SMILES string of the molecule is CC(C)CCC(=O)N1CCN(C(=O)CCSc2nnnn2C)CC1. The molecule has 0 bridgehead atoms. The van der Waals surface area contributed by atoms with Crippen LogP contribution < -0.4 is 0 Å². The van der Waals surface area contributed by atoms with Crippen LogP contribution in [0.5, 0.6) is 0 Å². The summed E-state index contributed by atoms with van der Waals surface area (Å²) in [5.74, 6) is 1.53. The first-order chi connectivity index (χ1) is 11.5. The predicted octanol–water partition coefficient (Wildman–Crippen LogP) is 0.799. The van der Waals surface area contributed by atoms with Gasteiger partial charge in [0.25, 0.3) is 0 Å². The van der Waals surface area contributed by atoms with Crippen molar-refractivity contribution in [3.63, 3.8) is 0 Å². The van der Waals surface area contributed by atoms with Gasteiger partial charge in [-0.25, -0.2) is 4.68 Å². The molecule has 1 aromatic heterocycles. The summed E-state index contributed by atoms with van der Waals surface area (Å²) in [5.41, 5.74) is 0. The van der Waals surface area contributed by atoms with E-state index in [-0.39, 0.29) is 11.8 Å². The van der Waals surface area contributed by atoms with E-state index in [0.29, 0.717) is 55.8 Å². The third-order valence-electron chi connectivity index (χ3n) is 4.05. The van der Waals surface area contributed by atoms with E-state index >= 15 is 0 Å². The number of rotatable bonds is 7. The number of piperazine rings is 1. The Morgan fingerprint density at radius 2 is 1.67 bits per heavy atom. The van der Waals surface area contributed by atoms with Crippen molar-refractivity contribution in [1.82, 2.24) is 30.0 Å². The summed E-state index contributed by atoms with van der Waals surface area (Å²) >= 11 is 1.48. The molecule has 0 saturated carbocycles. The minimum absolute atomic E-state index is 0.131. The van der Waals surface area contributed by atoms with Gasteiger partial charge in [0, 0.05) is 51.8 Å². The molecule has 1 fully saturated rings. The van der Waals surface area contributed by atoms with Gasteiger partial charge >= 0.3 is 0 Å². The largest absolute Gasteiger partial charge is 0.339 e. The molecular weight excluding hydrogens is 328 g/mol. The monoisotopic (exact) mass is 354 g/mol. The van der Waals surface area contributed by atoms with E-state index in [1.165, 1.54) is 11.8 Å². The smallest absolute Gasteiger partial charge is 0.223 e. The Morgan fingerprint density at radius 1 is 1.08 bits per heavy atom. The zero-order valence-electron chi connectivity index (χ0n) is 14.6. The van der Waals surface area contributed by atoms with Crippen molar-refractivity contribution in [2.75, 3.05) is 31.9 Å². The van der Waals surface area contributed by atoms with Crippen molar-refractivity contribution >= 4 is 23.6 Å². The number of nitrogens with zero attached hydrogens (tertiary/aromatic N) is 6. The summed E-state index contributed by atoms with van der Waals surface area (Å²) in [5, 5.41) is 11.9. The molecule has 2 heterocycles. The number of carbonyl (C=O) groups excluding carboxylic acids is 2. The Morgan fingerprint density at radius 3 is 2.17 bits per heavy atom. The molecule has 0 spiro atoms. The van der Waals surface area contributed by atoms with Gasteiger partial charge in [-0.1, -0.05) is 25.6 Å². The van der Waals surface area contributed by atoms with Gasteiger partial charge in [-0.05, 0) is 22.8 Å². The van der Waals surface area contributed by atoms with Crippen LogP contribution in [0.1, 0.15) is 33.1 Å². The first kappa shape index (κ1) is 18.7. The topological polar surface area (TPSA) is 84.2 Å². The lowest BCUT2D eigenvalue weighted by Gasteiger charge is -2.35. The average molecular weight is 354 g/mol. The Labute approximate surface area is 146 Å². The molecule has 1 aromatic rings. The van der Waals surface area contributed by atoms with Crippen LogP contribution in [0, 0.1) is 5.92 Å². The summed E-state index contributed by atoms with van der Waals surface area (Å²) in [6.07, 6.45) is 1.99. The Balaban J connectivity index is 1.67. The highest BCUT2D eigenvalue weighted by atomic mass is 32.2. The molecule has 134 valence electrons. The molecule has 1 saturated heterocycles. The normalized spacial score (nSPS) is 15.2. The molecule has 1 aliphatic heterocycles. The van der Waals surface area contributed by atoms with Crippen molar-refractivity contribution in [2.24, 2.45) is 13.0 Å². The molecule has 0 aromatic carbocycles. The molecule has 8 nitrogen and oxygen atoms in total. The number of hydrogen-bond acceptors (Lipinski definition) is 6. The predicted molar refractivity (Wildman–Crippen MR) is 91.4 cm³/mol. The number of thioether (sulfide) groups is 1. The number of amides is 2. The quantitative estimate of drug-likeness (QED) is 0.674. The lowest BCUT2D eigenvalue weighted by molar-refractivity contribution is -0.139. The van der Waals surface area contributed by atoms with E-state index in [2.05, 4.69) is 29.4 Å². The highest BCUT2D eigenvalue weighted by Gasteiger charge is 2.23. The Kier molecular flexibility index (Phi) is 7.01. The molecule has 0 N–H and O–H groups in total. The Hall–Kier alpha value is -1.64. The fourth-order valence-corrected chi connectivity index (χ4v) is 3.28. The molecule has 0 aliphatic carbocycles. The highest BCUT2D eigenvalue weighted by molar-refractivity contribution is 7.99. The maximum Gasteiger partial charge on any atom is 0.223 e. The van der Waals surface area contributed by atoms with Crippen LogP contribution in [-0.4, -0.2) is 73.8 Å². The first-order valence-corrected chi connectivity index (χ1v) is 9.36. The second-order valence-electron chi connectivity index (χ2n) is 6.38. The molecule has 0 radical (unpaired) electrons. The lowest BCUT2D eigenvalue weighted by atomic mass is 10.1. The average Bonchev–Trinajstić information content (AvgIpc) is 2.98. The van der Waals surface area contributed by atoms with Crippen LogP contribution in [0.2, 0.25) is 0 Å². The number of aromatic nitrogens is 4. The maximum atomic E-state index is 12.3. The summed E-state index contributed by atoms with van der Waals surface area (Å²) in [7, 11) is 1.78. The summed E-state index contributed by atoms with van der Waals surface area (Å²) in [6.45, 7) is 6.79. The van der Waals surface area contributed by atoms with Crippen LogP contribution in [0.25, 0.3) is 0 Å². The molecule has 2 rings (SSSR count). The van der Waals surface area contributed by atoms with Gasteiger partial charge in [0.05, 0.1) is 0 Å². The number of aryl methyl sites for hydroxylation is 1. The van der Waals surface area contributed by atoms with Crippen molar-refractivity contribution < 1.29 is 9.59 Å². The summed E-state index contributed by atoms with van der Waals surface area (Å²) < 4.78 is 1.59. The summed E-state index contributed by atoms with van der Waals surface area (Å²) in [6, 6.07) is 0. The van der Waals surface area contributed by atoms with Crippen molar-refractivity contribution in [3.05, 3.63) is 0 Å². The van der Waals surface area contributed by atoms with E-state index in [1.54, 1.807) is 11.7 Å². The van der Waals surface area contributed by atoms with Gasteiger partial charge in [0.2, 0.25) is 17.0 Å². The maximum absolute atomic E-state index is 12.3. The number of tetrazole rings is 1. The third-order valence-corrected chi connectivity index (χ3v) is 5.06. The molecular formula is C15H26N6O2S. The van der Waals surface area contributed by atoms with Crippen LogP contribution in [-0.2, 0) is 16.6 Å². The minimum atomic E-state index is 0.131. The molecule has 9 heteroatoms. The van der Waals surface area contributed by atoms with E-state index in [0.717, 1.165) is 6.42 Å². The van der Waals surface area contributed by atoms with Crippen LogP contribution in [0.15, 0.2) is 5.16 Å². The van der Waals surface area contributed by atoms with Gasteiger partial charge < -0.3 is 9.80 Å². The van der Waals surface area contributed by atoms with Crippen molar-refractivity contribution in [1.29, 1.82) is 0 Å².